The average Bonchev–Trinajstić information content (AvgIpc) is 2.20. The quantitative estimate of drug-likeness (QED) is 0.337. The Morgan fingerprint density at radius 3 is 2.06 bits per heavy atom. The normalized spacial score (nSPS) is 15.1. The van der Waals surface area contributed by atoms with Gasteiger partial charge in [-0.05, 0) is 13.3 Å². The maximum Gasteiger partial charge on any atom is 1.00 e. The second kappa shape index (κ2) is 11.3. The molecule has 0 spiro atoms. The van der Waals surface area contributed by atoms with Crippen LogP contribution in [0.25, 0.3) is 0 Å². The molecule has 0 aromatic heterocycles. The summed E-state index contributed by atoms with van der Waals surface area (Å²) in [6.07, 6.45) is 5.85. The van der Waals surface area contributed by atoms with E-state index in [1.165, 1.54) is 26.2 Å². The van der Waals surface area contributed by atoms with Gasteiger partial charge in [0, 0.05) is 0 Å². The monoisotopic (exact) mass is 290 g/mol. The number of unbranched alkanes of at least 4 members (excludes halogenated alkanes) is 5. The SMILES string of the molecule is CCCCCCCCC(O)C(C)S(=O)(=O)[O-].[K+]. The van der Waals surface area contributed by atoms with Crippen LogP contribution in [0.3, 0.4) is 0 Å². The predicted octanol–water partition coefficient (Wildman–Crippen LogP) is -0.964. The molecule has 0 amide bonds. The fourth-order valence-corrected chi connectivity index (χ4v) is 2.08. The molecule has 0 saturated heterocycles. The fourth-order valence-electron chi connectivity index (χ4n) is 1.56. The maximum absolute atomic E-state index is 10.6. The van der Waals surface area contributed by atoms with Crippen LogP contribution >= 0.6 is 0 Å². The molecule has 6 heteroatoms. The third-order valence-corrected chi connectivity index (χ3v) is 4.08. The first-order chi connectivity index (χ1) is 7.39. The molecule has 0 heterocycles. The summed E-state index contributed by atoms with van der Waals surface area (Å²) in [5.41, 5.74) is 0. The summed E-state index contributed by atoms with van der Waals surface area (Å²) in [6.45, 7) is 3.41. The Morgan fingerprint density at radius 2 is 1.59 bits per heavy atom. The zero-order valence-electron chi connectivity index (χ0n) is 11.2. The van der Waals surface area contributed by atoms with Crippen molar-refractivity contribution in [1.29, 1.82) is 0 Å². The molecule has 0 bridgehead atoms. The number of aliphatic hydroxyl groups is 1. The minimum Gasteiger partial charge on any atom is -0.748 e. The predicted molar refractivity (Wildman–Crippen MR) is 63.2 cm³/mol. The van der Waals surface area contributed by atoms with E-state index in [2.05, 4.69) is 6.92 Å². The Hall–Kier alpha value is 1.51. The van der Waals surface area contributed by atoms with Gasteiger partial charge in [-0.2, -0.15) is 0 Å². The van der Waals surface area contributed by atoms with Crippen LogP contribution < -0.4 is 51.4 Å². The van der Waals surface area contributed by atoms with Crippen molar-refractivity contribution in [1.82, 2.24) is 0 Å². The molecule has 0 fully saturated rings. The molecule has 0 aliphatic rings. The van der Waals surface area contributed by atoms with Crippen LogP contribution in [-0.4, -0.2) is 29.4 Å². The number of hydrogen-bond acceptors (Lipinski definition) is 4. The Kier molecular flexibility index (Phi) is 13.9. The molecule has 0 aromatic rings. The summed E-state index contributed by atoms with van der Waals surface area (Å²) in [7, 11) is -4.35. The molecule has 0 radical (unpaired) electrons. The second-order valence-corrected chi connectivity index (χ2v) is 6.05. The molecule has 2 unspecified atom stereocenters. The Labute approximate surface area is 148 Å². The van der Waals surface area contributed by atoms with Crippen LogP contribution in [0, 0.1) is 0 Å². The molecule has 0 aliphatic heterocycles. The van der Waals surface area contributed by atoms with Crippen LogP contribution in [0.5, 0.6) is 0 Å². The van der Waals surface area contributed by atoms with E-state index in [0.717, 1.165) is 19.3 Å². The Bertz CT molecular complexity index is 267. The van der Waals surface area contributed by atoms with E-state index in [1.54, 1.807) is 0 Å². The molecule has 98 valence electrons. The van der Waals surface area contributed by atoms with Crippen molar-refractivity contribution in [2.24, 2.45) is 0 Å². The van der Waals surface area contributed by atoms with E-state index in [4.69, 9.17) is 0 Å². The molecule has 2 atom stereocenters. The summed E-state index contributed by atoms with van der Waals surface area (Å²) in [6, 6.07) is 0. The summed E-state index contributed by atoms with van der Waals surface area (Å²) in [4.78, 5) is 0. The van der Waals surface area contributed by atoms with Crippen molar-refractivity contribution in [3.05, 3.63) is 0 Å². The Morgan fingerprint density at radius 1 is 1.12 bits per heavy atom. The minimum absolute atomic E-state index is 0. The van der Waals surface area contributed by atoms with Gasteiger partial charge in [-0.1, -0.05) is 45.4 Å². The van der Waals surface area contributed by atoms with Crippen LogP contribution in [0.4, 0.5) is 0 Å². The third-order valence-electron chi connectivity index (χ3n) is 2.85. The second-order valence-electron chi connectivity index (χ2n) is 4.32. The smallest absolute Gasteiger partial charge is 0.748 e. The molecule has 0 aliphatic carbocycles. The molecule has 4 nitrogen and oxygen atoms in total. The number of hydrogen-bond donors (Lipinski definition) is 1. The van der Waals surface area contributed by atoms with Gasteiger partial charge >= 0.3 is 51.4 Å². The van der Waals surface area contributed by atoms with Gasteiger partial charge in [-0.25, -0.2) is 8.42 Å². The molecule has 0 aromatic carbocycles. The van der Waals surface area contributed by atoms with E-state index >= 15 is 0 Å². The first-order valence-corrected chi connectivity index (χ1v) is 7.49. The van der Waals surface area contributed by atoms with Crippen molar-refractivity contribution in [3.8, 4) is 0 Å². The van der Waals surface area contributed by atoms with Gasteiger partial charge in [0.15, 0.2) is 0 Å². The first-order valence-electron chi connectivity index (χ1n) is 6.02. The van der Waals surface area contributed by atoms with E-state index in [0.29, 0.717) is 6.42 Å². The number of rotatable bonds is 9. The average molecular weight is 290 g/mol. The van der Waals surface area contributed by atoms with E-state index in [9.17, 15) is 18.1 Å². The first kappa shape index (κ1) is 20.8. The van der Waals surface area contributed by atoms with Gasteiger partial charge in [-0.3, -0.25) is 0 Å². The largest absolute Gasteiger partial charge is 1.00 e. The molecular weight excluding hydrogens is 267 g/mol. The van der Waals surface area contributed by atoms with Crippen LogP contribution in [0.1, 0.15) is 58.8 Å². The van der Waals surface area contributed by atoms with Gasteiger partial charge in [0.1, 0.15) is 0 Å². The fraction of sp³-hybridized carbons (Fsp3) is 1.00. The summed E-state index contributed by atoms with van der Waals surface area (Å²) < 4.78 is 31.9. The van der Waals surface area contributed by atoms with Crippen LogP contribution in [0.2, 0.25) is 0 Å². The van der Waals surface area contributed by atoms with Crippen molar-refractivity contribution >= 4 is 10.1 Å². The van der Waals surface area contributed by atoms with Gasteiger partial charge in [0.25, 0.3) is 0 Å². The van der Waals surface area contributed by atoms with Crippen LogP contribution in [0.15, 0.2) is 0 Å². The summed E-state index contributed by atoms with van der Waals surface area (Å²) in [5.74, 6) is 0. The van der Waals surface area contributed by atoms with Crippen molar-refractivity contribution in [3.63, 3.8) is 0 Å². The molecule has 0 rings (SSSR count). The third kappa shape index (κ3) is 11.1. The maximum atomic E-state index is 10.6. The van der Waals surface area contributed by atoms with E-state index in [1.807, 2.05) is 0 Å². The van der Waals surface area contributed by atoms with Gasteiger partial charge in [0.2, 0.25) is 0 Å². The van der Waals surface area contributed by atoms with Crippen molar-refractivity contribution in [2.45, 2.75) is 70.1 Å². The molecular formula is C11H23KO4S. The molecule has 0 saturated carbocycles. The topological polar surface area (TPSA) is 77.4 Å². The van der Waals surface area contributed by atoms with Gasteiger partial charge in [-0.15, -0.1) is 0 Å². The summed E-state index contributed by atoms with van der Waals surface area (Å²) in [5, 5.41) is 8.29. The van der Waals surface area contributed by atoms with Gasteiger partial charge < -0.3 is 9.66 Å². The molecule has 1 N–H and O–H groups in total. The van der Waals surface area contributed by atoms with Gasteiger partial charge in [0.05, 0.1) is 21.5 Å². The zero-order chi connectivity index (χ0) is 12.6. The minimum atomic E-state index is -4.35. The van der Waals surface area contributed by atoms with Crippen molar-refractivity contribution < 1.29 is 69.5 Å². The van der Waals surface area contributed by atoms with E-state index in [-0.39, 0.29) is 51.4 Å². The zero-order valence-corrected chi connectivity index (χ0v) is 15.1. The van der Waals surface area contributed by atoms with Crippen molar-refractivity contribution in [2.75, 3.05) is 0 Å². The van der Waals surface area contributed by atoms with Crippen LogP contribution in [-0.2, 0) is 10.1 Å². The standard InChI is InChI=1S/C11H24O4S.K/c1-3-4-5-6-7-8-9-11(12)10(2)16(13,14)15;/h10-12H,3-9H2,1-2H3,(H,13,14,15);/q;+1/p-1. The molecule has 17 heavy (non-hydrogen) atoms. The number of aliphatic hydroxyl groups excluding tert-OH is 1. The Balaban J connectivity index is 0. The summed E-state index contributed by atoms with van der Waals surface area (Å²) >= 11 is 0. The van der Waals surface area contributed by atoms with E-state index < -0.39 is 21.5 Å².